The van der Waals surface area contributed by atoms with E-state index < -0.39 is 41.7 Å². The van der Waals surface area contributed by atoms with Gasteiger partial charge < -0.3 is 10.4 Å². The summed E-state index contributed by atoms with van der Waals surface area (Å²) in [5, 5.41) is 11.8. The molecule has 0 spiro atoms. The third kappa shape index (κ3) is 4.12. The second kappa shape index (κ2) is 7.86. The van der Waals surface area contributed by atoms with Crippen molar-refractivity contribution in [3.8, 4) is 5.75 Å². The number of aromatic hydroxyl groups is 1. The molecule has 1 aliphatic heterocycles. The Balaban J connectivity index is 2.23. The number of hydrogen-bond donors (Lipinski definition) is 2. The van der Waals surface area contributed by atoms with Crippen LogP contribution in [0.4, 0.5) is 27.6 Å². The monoisotopic (exact) mass is 428 g/mol. The SMILES string of the molecule is CC(c1ccc(O)cc1)(c1cccc(C(F)(F)F)c1NC=O)N1CCC(F)(F)CC1. The number of phenolic OH excluding ortho intramolecular Hbond substituents is 1. The molecule has 1 aliphatic rings. The molecule has 2 aromatic carbocycles. The Morgan fingerprint density at radius 2 is 1.60 bits per heavy atom. The molecule has 30 heavy (non-hydrogen) atoms. The van der Waals surface area contributed by atoms with Crippen LogP contribution in [-0.4, -0.2) is 35.4 Å². The van der Waals surface area contributed by atoms with Gasteiger partial charge in [0.25, 0.3) is 5.92 Å². The van der Waals surface area contributed by atoms with Crippen molar-refractivity contribution in [1.29, 1.82) is 0 Å². The van der Waals surface area contributed by atoms with Crippen LogP contribution in [0.3, 0.4) is 0 Å². The maximum atomic E-state index is 13.8. The van der Waals surface area contributed by atoms with E-state index in [2.05, 4.69) is 5.32 Å². The Morgan fingerprint density at radius 1 is 1.03 bits per heavy atom. The van der Waals surface area contributed by atoms with Gasteiger partial charge in [-0.05, 0) is 30.7 Å². The normalized spacial score (nSPS) is 19.1. The van der Waals surface area contributed by atoms with Crippen molar-refractivity contribution < 1.29 is 31.9 Å². The number of anilines is 1. The zero-order chi connectivity index (χ0) is 22.2. The lowest BCUT2D eigenvalue weighted by Crippen LogP contribution is -2.51. The number of phenols is 1. The average Bonchev–Trinajstić information content (AvgIpc) is 2.67. The van der Waals surface area contributed by atoms with E-state index in [-0.39, 0.29) is 30.8 Å². The summed E-state index contributed by atoms with van der Waals surface area (Å²) in [6.45, 7) is 1.52. The number of hydrogen-bond acceptors (Lipinski definition) is 3. The zero-order valence-corrected chi connectivity index (χ0v) is 16.1. The number of nitrogens with one attached hydrogen (secondary N) is 1. The highest BCUT2D eigenvalue weighted by Crippen LogP contribution is 2.46. The topological polar surface area (TPSA) is 52.6 Å². The maximum absolute atomic E-state index is 13.8. The third-order valence-electron chi connectivity index (χ3n) is 5.65. The number of para-hydroxylation sites is 1. The largest absolute Gasteiger partial charge is 0.508 e. The Morgan fingerprint density at radius 3 is 2.13 bits per heavy atom. The van der Waals surface area contributed by atoms with Crippen LogP contribution in [0.15, 0.2) is 42.5 Å². The molecule has 1 unspecified atom stereocenters. The van der Waals surface area contributed by atoms with Crippen LogP contribution in [0.5, 0.6) is 5.75 Å². The summed E-state index contributed by atoms with van der Waals surface area (Å²) in [7, 11) is 0. The van der Waals surface area contributed by atoms with Crippen LogP contribution < -0.4 is 5.32 Å². The summed E-state index contributed by atoms with van der Waals surface area (Å²) in [6.07, 6.45) is -5.44. The molecule has 9 heteroatoms. The van der Waals surface area contributed by atoms with Crippen LogP contribution in [0.25, 0.3) is 0 Å². The smallest absolute Gasteiger partial charge is 0.418 e. The van der Waals surface area contributed by atoms with Crippen LogP contribution >= 0.6 is 0 Å². The molecule has 0 bridgehead atoms. The fourth-order valence-corrected chi connectivity index (χ4v) is 3.98. The molecule has 4 nitrogen and oxygen atoms in total. The lowest BCUT2D eigenvalue weighted by Gasteiger charge is -2.46. The van der Waals surface area contributed by atoms with Crippen molar-refractivity contribution in [2.45, 2.75) is 37.4 Å². The number of likely N-dealkylation sites (tertiary alicyclic amines) is 1. The number of carbonyl (C=O) groups is 1. The zero-order valence-electron chi connectivity index (χ0n) is 16.1. The Bertz CT molecular complexity index is 905. The van der Waals surface area contributed by atoms with Gasteiger partial charge in [0.1, 0.15) is 5.75 Å². The van der Waals surface area contributed by atoms with E-state index in [1.807, 2.05) is 0 Å². The van der Waals surface area contributed by atoms with Gasteiger partial charge in [-0.25, -0.2) is 8.78 Å². The van der Waals surface area contributed by atoms with E-state index in [1.165, 1.54) is 36.4 Å². The van der Waals surface area contributed by atoms with Crippen molar-refractivity contribution >= 4 is 12.1 Å². The van der Waals surface area contributed by atoms with Gasteiger partial charge in [-0.2, -0.15) is 13.2 Å². The second-order valence-corrected chi connectivity index (χ2v) is 7.45. The van der Waals surface area contributed by atoms with Gasteiger partial charge in [-0.3, -0.25) is 9.69 Å². The fourth-order valence-electron chi connectivity index (χ4n) is 3.98. The molecule has 1 heterocycles. The maximum Gasteiger partial charge on any atom is 0.418 e. The van der Waals surface area contributed by atoms with Gasteiger partial charge in [-0.1, -0.05) is 24.3 Å². The molecule has 0 aliphatic carbocycles. The number of carbonyl (C=O) groups excluding carboxylic acids is 1. The summed E-state index contributed by atoms with van der Waals surface area (Å²) in [5.41, 5.74) is -2.09. The first-order valence-corrected chi connectivity index (χ1v) is 9.32. The molecule has 0 saturated carbocycles. The second-order valence-electron chi connectivity index (χ2n) is 7.45. The Labute approximate surface area is 170 Å². The third-order valence-corrected chi connectivity index (χ3v) is 5.65. The minimum atomic E-state index is -4.73. The minimum Gasteiger partial charge on any atom is -0.508 e. The van der Waals surface area contributed by atoms with Gasteiger partial charge >= 0.3 is 6.18 Å². The number of benzene rings is 2. The van der Waals surface area contributed by atoms with Gasteiger partial charge in [-0.15, -0.1) is 0 Å². The van der Waals surface area contributed by atoms with Crippen LogP contribution in [-0.2, 0) is 16.5 Å². The quantitative estimate of drug-likeness (QED) is 0.522. The number of nitrogens with zero attached hydrogens (tertiary/aromatic N) is 1. The van der Waals surface area contributed by atoms with Crippen molar-refractivity contribution in [2.24, 2.45) is 0 Å². The summed E-state index contributed by atoms with van der Waals surface area (Å²) in [6, 6.07) is 9.36. The van der Waals surface area contributed by atoms with Gasteiger partial charge in [0.2, 0.25) is 6.41 Å². The summed E-state index contributed by atoms with van der Waals surface area (Å²) in [5.74, 6) is -2.88. The lowest BCUT2D eigenvalue weighted by atomic mass is 9.79. The molecule has 1 saturated heterocycles. The van der Waals surface area contributed by atoms with E-state index in [0.29, 0.717) is 5.56 Å². The number of halogens is 5. The number of piperidine rings is 1. The average molecular weight is 428 g/mol. The van der Waals surface area contributed by atoms with Gasteiger partial charge in [0.05, 0.1) is 16.8 Å². The van der Waals surface area contributed by atoms with Crippen LogP contribution in [0.2, 0.25) is 0 Å². The van der Waals surface area contributed by atoms with E-state index in [4.69, 9.17) is 0 Å². The van der Waals surface area contributed by atoms with Crippen molar-refractivity contribution in [3.05, 3.63) is 59.2 Å². The molecule has 3 rings (SSSR count). The van der Waals surface area contributed by atoms with E-state index in [0.717, 1.165) is 6.07 Å². The molecule has 2 aromatic rings. The highest BCUT2D eigenvalue weighted by Gasteiger charge is 2.45. The number of amides is 1. The highest BCUT2D eigenvalue weighted by molar-refractivity contribution is 5.78. The summed E-state index contributed by atoms with van der Waals surface area (Å²) < 4.78 is 68.5. The fraction of sp³-hybridized carbons (Fsp3) is 0.381. The minimum absolute atomic E-state index is 0.0402. The van der Waals surface area contributed by atoms with Gasteiger partial charge in [0, 0.05) is 31.5 Å². The van der Waals surface area contributed by atoms with Gasteiger partial charge in [0.15, 0.2) is 0 Å². The summed E-state index contributed by atoms with van der Waals surface area (Å²) >= 11 is 0. The van der Waals surface area contributed by atoms with Crippen molar-refractivity contribution in [1.82, 2.24) is 4.90 Å². The molecular formula is C21H21F5N2O2. The standard InChI is InChI=1S/C21H21F5N2O2/c1-19(14-5-7-15(30)8-6-14,28-11-9-20(22,23)10-12-28)16-3-2-4-17(21(24,25)26)18(16)27-13-29/h2-8,13,30H,9-12H2,1H3,(H,27,29). The first kappa shape index (κ1) is 22.0. The first-order valence-electron chi connectivity index (χ1n) is 9.32. The summed E-state index contributed by atoms with van der Waals surface area (Å²) in [4.78, 5) is 12.8. The Kier molecular flexibility index (Phi) is 5.77. The lowest BCUT2D eigenvalue weighted by molar-refractivity contribution is -0.137. The van der Waals surface area contributed by atoms with Crippen molar-refractivity contribution in [2.75, 3.05) is 18.4 Å². The first-order chi connectivity index (χ1) is 14.0. The predicted octanol–water partition coefficient (Wildman–Crippen LogP) is 4.97. The predicted molar refractivity (Wildman–Crippen MR) is 101 cm³/mol. The molecule has 1 atom stereocenters. The molecule has 0 radical (unpaired) electrons. The van der Waals surface area contributed by atoms with Crippen LogP contribution in [0.1, 0.15) is 36.5 Å². The highest BCUT2D eigenvalue weighted by atomic mass is 19.4. The molecular weight excluding hydrogens is 407 g/mol. The number of rotatable bonds is 5. The molecule has 2 N–H and O–H groups in total. The van der Waals surface area contributed by atoms with E-state index >= 15 is 0 Å². The van der Waals surface area contributed by atoms with E-state index in [1.54, 1.807) is 11.8 Å². The number of alkyl halides is 5. The molecule has 0 aromatic heterocycles. The Hall–Kier alpha value is -2.68. The van der Waals surface area contributed by atoms with Crippen LogP contribution in [0, 0.1) is 0 Å². The van der Waals surface area contributed by atoms with E-state index in [9.17, 15) is 31.9 Å². The van der Waals surface area contributed by atoms with Crippen molar-refractivity contribution in [3.63, 3.8) is 0 Å². The molecule has 1 amide bonds. The molecule has 162 valence electrons. The molecule has 1 fully saturated rings.